The quantitative estimate of drug-likeness (QED) is 0.190. The molecular weight excluding hydrogens is 220 g/mol. The Bertz CT molecular complexity index is 281. The second-order valence-corrected chi connectivity index (χ2v) is 4.42. The fraction of sp³-hybridized carbons (Fsp3) is 0.818. The molecule has 0 aromatic carbocycles. The molecule has 2 atom stereocenters. The summed E-state index contributed by atoms with van der Waals surface area (Å²) in [4.78, 5) is 11.6. The number of nitrogens with two attached hydrogens (primary N) is 1. The van der Waals surface area contributed by atoms with Crippen LogP contribution in [0.3, 0.4) is 0 Å². The van der Waals surface area contributed by atoms with Crippen LogP contribution in [-0.4, -0.2) is 29.7 Å². The van der Waals surface area contributed by atoms with Gasteiger partial charge in [0.15, 0.2) is 0 Å². The Morgan fingerprint density at radius 2 is 2.29 bits per heavy atom. The Morgan fingerprint density at radius 1 is 1.53 bits per heavy atom. The highest BCUT2D eigenvalue weighted by Gasteiger charge is 2.31. The number of hydrogen-bond acceptors (Lipinski definition) is 3. The van der Waals surface area contributed by atoms with Gasteiger partial charge in [-0.2, -0.15) is 0 Å². The molecule has 1 saturated carbocycles. The average molecular weight is 242 g/mol. The molecule has 1 aliphatic carbocycles. The molecule has 6 heteroatoms. The van der Waals surface area contributed by atoms with Gasteiger partial charge in [0.2, 0.25) is 0 Å². The molecule has 1 rings (SSSR count). The first-order valence-corrected chi connectivity index (χ1v) is 6.20. The molecule has 0 aliphatic heterocycles. The molecule has 0 heterocycles. The third kappa shape index (κ3) is 4.13. The van der Waals surface area contributed by atoms with Crippen molar-refractivity contribution in [2.75, 3.05) is 6.54 Å². The zero-order valence-corrected chi connectivity index (χ0v) is 10.3. The summed E-state index contributed by atoms with van der Waals surface area (Å²) in [5.74, 6) is 0.165. The van der Waals surface area contributed by atoms with Gasteiger partial charge in [-0.25, -0.2) is 4.79 Å². The highest BCUT2D eigenvalue weighted by atomic mass is 16.4. The van der Waals surface area contributed by atoms with Crippen LogP contribution >= 0.6 is 0 Å². The van der Waals surface area contributed by atoms with E-state index >= 15 is 0 Å². The van der Waals surface area contributed by atoms with Crippen LogP contribution in [0, 0.1) is 5.92 Å². The number of hydrogen-bond donors (Lipinski definition) is 4. The number of urea groups is 1. The average Bonchev–Trinajstić information content (AvgIpc) is 2.76. The summed E-state index contributed by atoms with van der Waals surface area (Å²) >= 11 is 0. The van der Waals surface area contributed by atoms with Gasteiger partial charge in [-0.1, -0.05) is 24.9 Å². The van der Waals surface area contributed by atoms with Crippen LogP contribution < -0.4 is 16.4 Å². The van der Waals surface area contributed by atoms with Crippen LogP contribution in [0.1, 0.15) is 39.0 Å². The minimum atomic E-state index is -0.166. The summed E-state index contributed by atoms with van der Waals surface area (Å²) in [6.45, 7) is 2.76. The van der Waals surface area contributed by atoms with E-state index in [1.165, 1.54) is 0 Å². The summed E-state index contributed by atoms with van der Waals surface area (Å²) in [7, 11) is 0. The van der Waals surface area contributed by atoms with E-state index in [-0.39, 0.29) is 23.8 Å². The summed E-state index contributed by atoms with van der Waals surface area (Å²) in [6.07, 6.45) is 4.75. The second-order valence-electron chi connectivity index (χ2n) is 4.42. The third-order valence-electron chi connectivity index (χ3n) is 3.14. The lowest BCUT2D eigenvalue weighted by molar-refractivity contribution is 0.235. The predicted octanol–water partition coefficient (Wildman–Crippen LogP) is 1.00. The fourth-order valence-corrected chi connectivity index (χ4v) is 2.16. The maximum absolute atomic E-state index is 11.6. The van der Waals surface area contributed by atoms with Crippen molar-refractivity contribution >= 4 is 11.9 Å². The Hall–Kier alpha value is -1.46. The van der Waals surface area contributed by atoms with Crippen molar-refractivity contribution in [3.05, 3.63) is 0 Å². The Morgan fingerprint density at radius 3 is 2.94 bits per heavy atom. The zero-order chi connectivity index (χ0) is 12.7. The number of nitrogens with zero attached hydrogens (tertiary/aromatic N) is 1. The van der Waals surface area contributed by atoms with Gasteiger partial charge in [-0.15, -0.1) is 0 Å². The van der Waals surface area contributed by atoms with E-state index in [9.17, 15) is 4.79 Å². The van der Waals surface area contributed by atoms with E-state index in [0.29, 0.717) is 6.54 Å². The van der Waals surface area contributed by atoms with E-state index in [4.69, 9.17) is 10.9 Å². The van der Waals surface area contributed by atoms with Crippen molar-refractivity contribution in [2.45, 2.75) is 45.1 Å². The van der Waals surface area contributed by atoms with E-state index in [0.717, 1.165) is 32.1 Å². The summed E-state index contributed by atoms with van der Waals surface area (Å²) < 4.78 is 0. The molecule has 0 radical (unpaired) electrons. The summed E-state index contributed by atoms with van der Waals surface area (Å²) in [5.41, 5.74) is 5.59. The van der Waals surface area contributed by atoms with Crippen molar-refractivity contribution < 1.29 is 10.0 Å². The molecule has 2 amide bonds. The Kier molecular flexibility index (Phi) is 5.59. The first-order valence-electron chi connectivity index (χ1n) is 6.20. The first kappa shape index (κ1) is 13.6. The number of oxime groups is 1. The molecule has 0 aromatic heterocycles. The number of carbonyl (C=O) groups is 1. The van der Waals surface area contributed by atoms with E-state index < -0.39 is 0 Å². The Balaban J connectivity index is 2.37. The molecule has 0 spiro atoms. The highest BCUT2D eigenvalue weighted by Crippen LogP contribution is 2.25. The molecular formula is C11H22N4O2. The van der Waals surface area contributed by atoms with E-state index in [2.05, 4.69) is 22.7 Å². The number of rotatable bonds is 5. The van der Waals surface area contributed by atoms with Crippen LogP contribution in [0.4, 0.5) is 4.79 Å². The van der Waals surface area contributed by atoms with Gasteiger partial charge in [0.25, 0.3) is 0 Å². The molecule has 98 valence electrons. The van der Waals surface area contributed by atoms with Crippen molar-refractivity contribution in [3.63, 3.8) is 0 Å². The molecule has 1 fully saturated rings. The smallest absolute Gasteiger partial charge is 0.315 e. The monoisotopic (exact) mass is 242 g/mol. The lowest BCUT2D eigenvalue weighted by Crippen LogP contribution is -2.46. The van der Waals surface area contributed by atoms with Crippen molar-refractivity contribution in [1.29, 1.82) is 0 Å². The summed E-state index contributed by atoms with van der Waals surface area (Å²) in [5, 5.41) is 17.4. The van der Waals surface area contributed by atoms with Gasteiger partial charge < -0.3 is 21.6 Å². The lowest BCUT2D eigenvalue weighted by atomic mass is 10.0. The van der Waals surface area contributed by atoms with Gasteiger partial charge in [-0.05, 0) is 19.3 Å². The minimum absolute atomic E-state index is 0.0208. The van der Waals surface area contributed by atoms with Crippen LogP contribution in [0.5, 0.6) is 0 Å². The standard InChI is InChI=1S/C11H22N4O2/c1-2-3-7-13-11(16)14-9-6-4-5-8(9)10(12)15-17/h8-9,17H,2-7H2,1H3,(H2,12,15)(H2,13,14,16). The molecule has 2 unspecified atom stereocenters. The number of carbonyl (C=O) groups excluding carboxylic acids is 1. The molecule has 1 aliphatic rings. The summed E-state index contributed by atoms with van der Waals surface area (Å²) in [6, 6.07) is -0.186. The maximum atomic E-state index is 11.6. The first-order chi connectivity index (χ1) is 8.19. The minimum Gasteiger partial charge on any atom is -0.409 e. The van der Waals surface area contributed by atoms with Gasteiger partial charge >= 0.3 is 6.03 Å². The molecule has 0 saturated heterocycles. The zero-order valence-electron chi connectivity index (χ0n) is 10.3. The molecule has 5 N–H and O–H groups in total. The van der Waals surface area contributed by atoms with Crippen LogP contribution in [0.25, 0.3) is 0 Å². The molecule has 0 aromatic rings. The highest BCUT2D eigenvalue weighted by molar-refractivity contribution is 5.84. The maximum Gasteiger partial charge on any atom is 0.315 e. The van der Waals surface area contributed by atoms with Crippen LogP contribution in [-0.2, 0) is 0 Å². The SMILES string of the molecule is CCCCNC(=O)NC1CCCC1C(N)=NO. The third-order valence-corrected chi connectivity index (χ3v) is 3.14. The topological polar surface area (TPSA) is 99.7 Å². The number of nitrogens with one attached hydrogen (secondary N) is 2. The fourth-order valence-electron chi connectivity index (χ4n) is 2.16. The number of amides is 2. The largest absolute Gasteiger partial charge is 0.409 e. The van der Waals surface area contributed by atoms with Gasteiger partial charge in [0.1, 0.15) is 5.84 Å². The van der Waals surface area contributed by atoms with Gasteiger partial charge in [0, 0.05) is 18.5 Å². The predicted molar refractivity (Wildman–Crippen MR) is 66.0 cm³/mol. The van der Waals surface area contributed by atoms with Gasteiger partial charge in [0.05, 0.1) is 0 Å². The Labute approximate surface area is 102 Å². The number of unbranched alkanes of at least 4 members (excludes halogenated alkanes) is 1. The lowest BCUT2D eigenvalue weighted by Gasteiger charge is -2.20. The molecule has 17 heavy (non-hydrogen) atoms. The molecule has 0 bridgehead atoms. The van der Waals surface area contributed by atoms with Crippen molar-refractivity contribution in [3.8, 4) is 0 Å². The second kappa shape index (κ2) is 6.98. The van der Waals surface area contributed by atoms with Crippen molar-refractivity contribution in [1.82, 2.24) is 10.6 Å². The molecule has 6 nitrogen and oxygen atoms in total. The van der Waals surface area contributed by atoms with Crippen LogP contribution in [0.15, 0.2) is 5.16 Å². The van der Waals surface area contributed by atoms with E-state index in [1.807, 2.05) is 0 Å². The normalized spacial score (nSPS) is 24.6. The van der Waals surface area contributed by atoms with Crippen molar-refractivity contribution in [2.24, 2.45) is 16.8 Å². The van der Waals surface area contributed by atoms with Crippen LogP contribution in [0.2, 0.25) is 0 Å². The van der Waals surface area contributed by atoms with E-state index in [1.54, 1.807) is 0 Å². The number of amidine groups is 1. The van der Waals surface area contributed by atoms with Gasteiger partial charge in [-0.3, -0.25) is 0 Å².